The summed E-state index contributed by atoms with van der Waals surface area (Å²) in [6.07, 6.45) is 4.12. The number of rotatable bonds is 5. The minimum absolute atomic E-state index is 0.0110. The molecule has 0 radical (unpaired) electrons. The first-order valence-electron chi connectivity index (χ1n) is 6.11. The molecule has 3 N–H and O–H groups in total. The van der Waals surface area contributed by atoms with Gasteiger partial charge in [0.1, 0.15) is 0 Å². The molecule has 1 aliphatic rings. The van der Waals surface area contributed by atoms with Crippen molar-refractivity contribution in [3.8, 4) is 0 Å². The minimum atomic E-state index is -0.714. The van der Waals surface area contributed by atoms with E-state index >= 15 is 0 Å². The van der Waals surface area contributed by atoms with Crippen LogP contribution in [0, 0.1) is 0 Å². The van der Waals surface area contributed by atoms with E-state index in [0.717, 1.165) is 19.4 Å². The summed E-state index contributed by atoms with van der Waals surface area (Å²) in [6.45, 7) is 6.83. The van der Waals surface area contributed by atoms with E-state index in [-0.39, 0.29) is 10.7 Å². The highest BCUT2D eigenvalue weighted by molar-refractivity contribution is 8.00. The maximum atomic E-state index is 11.9. The van der Waals surface area contributed by atoms with Gasteiger partial charge in [-0.15, -0.1) is 0 Å². The molecule has 4 heteroatoms. The van der Waals surface area contributed by atoms with Crippen LogP contribution in [0.5, 0.6) is 0 Å². The quantitative estimate of drug-likeness (QED) is 0.776. The Labute approximate surface area is 103 Å². The summed E-state index contributed by atoms with van der Waals surface area (Å²) in [7, 11) is 0. The monoisotopic (exact) mass is 244 g/mol. The van der Waals surface area contributed by atoms with Gasteiger partial charge >= 0.3 is 0 Å². The SMILES string of the molecule is CCCC(C)(N)C(=O)NCC1(C)CCCS1. The number of carbonyl (C=O) groups excluding carboxylic acids is 1. The van der Waals surface area contributed by atoms with Gasteiger partial charge in [-0.3, -0.25) is 4.79 Å². The molecule has 1 fully saturated rings. The molecule has 0 aromatic rings. The van der Waals surface area contributed by atoms with Gasteiger partial charge in [0.15, 0.2) is 0 Å². The summed E-state index contributed by atoms with van der Waals surface area (Å²) in [4.78, 5) is 11.9. The average molecular weight is 244 g/mol. The van der Waals surface area contributed by atoms with Crippen molar-refractivity contribution < 1.29 is 4.79 Å². The highest BCUT2D eigenvalue weighted by atomic mass is 32.2. The van der Waals surface area contributed by atoms with Crippen LogP contribution in [0.25, 0.3) is 0 Å². The van der Waals surface area contributed by atoms with E-state index < -0.39 is 5.54 Å². The second kappa shape index (κ2) is 5.41. The summed E-state index contributed by atoms with van der Waals surface area (Å²) in [5, 5.41) is 3.01. The van der Waals surface area contributed by atoms with Gasteiger partial charge in [-0.05, 0) is 38.9 Å². The number of hydrogen-bond acceptors (Lipinski definition) is 3. The number of amides is 1. The Kier molecular flexibility index (Phi) is 4.68. The molecule has 0 aliphatic carbocycles. The van der Waals surface area contributed by atoms with Gasteiger partial charge in [-0.1, -0.05) is 13.3 Å². The fourth-order valence-electron chi connectivity index (χ4n) is 2.08. The molecule has 16 heavy (non-hydrogen) atoms. The molecule has 2 unspecified atom stereocenters. The topological polar surface area (TPSA) is 55.1 Å². The fourth-order valence-corrected chi connectivity index (χ4v) is 3.32. The molecule has 94 valence electrons. The Balaban J connectivity index is 2.40. The van der Waals surface area contributed by atoms with E-state index in [9.17, 15) is 4.79 Å². The summed E-state index contributed by atoms with van der Waals surface area (Å²) in [5.74, 6) is 1.20. The summed E-state index contributed by atoms with van der Waals surface area (Å²) in [6, 6.07) is 0. The van der Waals surface area contributed by atoms with E-state index in [2.05, 4.69) is 12.2 Å². The van der Waals surface area contributed by atoms with Crippen molar-refractivity contribution in [1.82, 2.24) is 5.32 Å². The van der Waals surface area contributed by atoms with Crippen LogP contribution in [0.15, 0.2) is 0 Å². The molecular weight excluding hydrogens is 220 g/mol. The predicted molar refractivity (Wildman–Crippen MR) is 70.6 cm³/mol. The molecule has 0 spiro atoms. The van der Waals surface area contributed by atoms with E-state index in [1.807, 2.05) is 25.6 Å². The van der Waals surface area contributed by atoms with Crippen LogP contribution in [0.1, 0.15) is 46.5 Å². The van der Waals surface area contributed by atoms with Crippen molar-refractivity contribution in [2.24, 2.45) is 5.73 Å². The first-order chi connectivity index (χ1) is 7.40. The lowest BCUT2D eigenvalue weighted by molar-refractivity contribution is -0.126. The van der Waals surface area contributed by atoms with Crippen LogP contribution < -0.4 is 11.1 Å². The Hall–Kier alpha value is -0.220. The molecule has 0 saturated carbocycles. The van der Waals surface area contributed by atoms with E-state index in [0.29, 0.717) is 0 Å². The molecule has 0 aromatic heterocycles. The van der Waals surface area contributed by atoms with Crippen LogP contribution in [0.2, 0.25) is 0 Å². The Bertz CT molecular complexity index is 247. The summed E-state index contributed by atoms with van der Waals surface area (Å²) in [5.41, 5.74) is 5.27. The third-order valence-electron chi connectivity index (χ3n) is 3.21. The number of hydrogen-bond donors (Lipinski definition) is 2. The lowest BCUT2D eigenvalue weighted by atomic mass is 9.96. The highest BCUT2D eigenvalue weighted by Crippen LogP contribution is 2.37. The fraction of sp³-hybridized carbons (Fsp3) is 0.917. The smallest absolute Gasteiger partial charge is 0.239 e. The van der Waals surface area contributed by atoms with Gasteiger partial charge in [-0.25, -0.2) is 0 Å². The lowest BCUT2D eigenvalue weighted by Crippen LogP contribution is -2.53. The predicted octanol–water partition coefficient (Wildman–Crippen LogP) is 1.91. The lowest BCUT2D eigenvalue weighted by Gasteiger charge is -2.27. The van der Waals surface area contributed by atoms with E-state index in [1.54, 1.807) is 0 Å². The van der Waals surface area contributed by atoms with Crippen molar-refractivity contribution in [3.63, 3.8) is 0 Å². The van der Waals surface area contributed by atoms with E-state index in [1.165, 1.54) is 18.6 Å². The molecule has 3 nitrogen and oxygen atoms in total. The average Bonchev–Trinajstić information content (AvgIpc) is 2.62. The molecular formula is C12H24N2OS. The van der Waals surface area contributed by atoms with Crippen LogP contribution in [0.3, 0.4) is 0 Å². The maximum absolute atomic E-state index is 11.9. The zero-order valence-electron chi connectivity index (χ0n) is 10.6. The molecule has 1 heterocycles. The first kappa shape index (κ1) is 13.8. The van der Waals surface area contributed by atoms with Crippen molar-refractivity contribution in [3.05, 3.63) is 0 Å². The van der Waals surface area contributed by atoms with Gasteiger partial charge in [0.2, 0.25) is 5.91 Å². The standard InChI is InChI=1S/C12H24N2OS/c1-4-6-12(3,13)10(15)14-9-11(2)7-5-8-16-11/h4-9,13H2,1-3H3,(H,14,15). The van der Waals surface area contributed by atoms with Gasteiger partial charge in [0.25, 0.3) is 0 Å². The maximum Gasteiger partial charge on any atom is 0.239 e. The van der Waals surface area contributed by atoms with Gasteiger partial charge < -0.3 is 11.1 Å². The number of thioether (sulfide) groups is 1. The number of nitrogens with one attached hydrogen (secondary N) is 1. The molecule has 1 aliphatic heterocycles. The molecule has 2 atom stereocenters. The van der Waals surface area contributed by atoms with Gasteiger partial charge in [0, 0.05) is 11.3 Å². The van der Waals surface area contributed by atoms with Crippen LogP contribution in [-0.4, -0.2) is 28.5 Å². The molecule has 1 saturated heterocycles. The minimum Gasteiger partial charge on any atom is -0.353 e. The molecule has 1 amide bonds. The van der Waals surface area contributed by atoms with Gasteiger partial charge in [0.05, 0.1) is 5.54 Å². The Morgan fingerprint density at radius 2 is 2.31 bits per heavy atom. The second-order valence-electron chi connectivity index (χ2n) is 5.25. The zero-order chi connectivity index (χ0) is 12.2. The van der Waals surface area contributed by atoms with Crippen LogP contribution in [-0.2, 0) is 4.79 Å². The number of carbonyl (C=O) groups is 1. The highest BCUT2D eigenvalue weighted by Gasteiger charge is 2.33. The second-order valence-corrected chi connectivity index (χ2v) is 6.93. The molecule has 0 aromatic carbocycles. The Morgan fingerprint density at radius 1 is 1.62 bits per heavy atom. The van der Waals surface area contributed by atoms with Crippen LogP contribution >= 0.6 is 11.8 Å². The number of nitrogens with two attached hydrogens (primary N) is 1. The molecule has 1 rings (SSSR count). The first-order valence-corrected chi connectivity index (χ1v) is 7.09. The largest absolute Gasteiger partial charge is 0.353 e. The van der Waals surface area contributed by atoms with Crippen molar-refractivity contribution in [1.29, 1.82) is 0 Å². The van der Waals surface area contributed by atoms with Crippen molar-refractivity contribution in [2.45, 2.75) is 56.7 Å². The zero-order valence-corrected chi connectivity index (χ0v) is 11.5. The van der Waals surface area contributed by atoms with E-state index in [4.69, 9.17) is 5.73 Å². The third-order valence-corrected chi connectivity index (χ3v) is 4.75. The normalized spacial score (nSPS) is 28.8. The van der Waals surface area contributed by atoms with Gasteiger partial charge in [-0.2, -0.15) is 11.8 Å². The summed E-state index contributed by atoms with van der Waals surface area (Å²) >= 11 is 1.96. The van der Waals surface area contributed by atoms with Crippen molar-refractivity contribution >= 4 is 17.7 Å². The summed E-state index contributed by atoms with van der Waals surface area (Å²) < 4.78 is 0.220. The van der Waals surface area contributed by atoms with Crippen LogP contribution in [0.4, 0.5) is 0 Å². The van der Waals surface area contributed by atoms with Crippen molar-refractivity contribution in [2.75, 3.05) is 12.3 Å². The molecule has 0 bridgehead atoms. The third kappa shape index (κ3) is 3.67. The Morgan fingerprint density at radius 3 is 2.81 bits per heavy atom.